The fraction of sp³-hybridized carbons (Fsp3) is 0.235. The minimum absolute atomic E-state index is 0.151. The van der Waals surface area contributed by atoms with Crippen LogP contribution in [0.4, 0.5) is 5.69 Å². The van der Waals surface area contributed by atoms with Crippen molar-refractivity contribution < 1.29 is 4.74 Å². The third-order valence-corrected chi connectivity index (χ3v) is 3.76. The number of nitrogens with two attached hydrogens (primary N) is 1. The van der Waals surface area contributed by atoms with Crippen molar-refractivity contribution in [1.29, 1.82) is 0 Å². The summed E-state index contributed by atoms with van der Waals surface area (Å²) in [7, 11) is 1.66. The fourth-order valence-electron chi connectivity index (χ4n) is 2.68. The Morgan fingerprint density at radius 3 is 2.62 bits per heavy atom. The van der Waals surface area contributed by atoms with Crippen LogP contribution >= 0.6 is 0 Å². The quantitative estimate of drug-likeness (QED) is 0.941. The Bertz CT molecular complexity index is 664. The van der Waals surface area contributed by atoms with E-state index in [0.29, 0.717) is 12.5 Å². The molecule has 4 nitrogen and oxygen atoms in total. The highest BCUT2D eigenvalue weighted by Gasteiger charge is 2.28. The summed E-state index contributed by atoms with van der Waals surface area (Å²) in [6, 6.07) is 16.5. The molecule has 1 aliphatic rings. The molecule has 0 saturated heterocycles. The summed E-state index contributed by atoms with van der Waals surface area (Å²) >= 11 is 0. The first-order valence-corrected chi connectivity index (χ1v) is 6.99. The van der Waals surface area contributed by atoms with E-state index in [1.165, 1.54) is 11.1 Å². The molecule has 2 aromatic carbocycles. The van der Waals surface area contributed by atoms with Crippen molar-refractivity contribution in [2.75, 3.05) is 18.6 Å². The molecule has 21 heavy (non-hydrogen) atoms. The van der Waals surface area contributed by atoms with Crippen molar-refractivity contribution in [3.63, 3.8) is 0 Å². The number of benzene rings is 2. The lowest BCUT2D eigenvalue weighted by Gasteiger charge is -2.27. The van der Waals surface area contributed by atoms with Crippen LogP contribution in [-0.2, 0) is 0 Å². The topological polar surface area (TPSA) is 50.9 Å². The van der Waals surface area contributed by atoms with Crippen molar-refractivity contribution in [3.8, 4) is 5.75 Å². The number of hydrogen-bond donors (Lipinski definition) is 1. The molecule has 4 heteroatoms. The van der Waals surface area contributed by atoms with Gasteiger partial charge in [-0.15, -0.1) is 0 Å². The Morgan fingerprint density at radius 2 is 1.95 bits per heavy atom. The van der Waals surface area contributed by atoms with Gasteiger partial charge in [0.25, 0.3) is 0 Å². The summed E-state index contributed by atoms with van der Waals surface area (Å²) in [5.74, 6) is 1.40. The van der Waals surface area contributed by atoms with E-state index < -0.39 is 0 Å². The molecule has 0 saturated carbocycles. The SMILES string of the molecule is COc1ccc(N2C(N)=NCC2c2cccc(C)c2)cc1. The van der Waals surface area contributed by atoms with Crippen LogP contribution in [0.25, 0.3) is 0 Å². The van der Waals surface area contributed by atoms with Gasteiger partial charge in [0.15, 0.2) is 5.96 Å². The molecule has 108 valence electrons. The van der Waals surface area contributed by atoms with E-state index in [2.05, 4.69) is 41.1 Å². The molecule has 0 aromatic heterocycles. The molecule has 3 rings (SSSR count). The van der Waals surface area contributed by atoms with E-state index in [4.69, 9.17) is 10.5 Å². The van der Waals surface area contributed by atoms with E-state index >= 15 is 0 Å². The van der Waals surface area contributed by atoms with Crippen LogP contribution in [0.1, 0.15) is 17.2 Å². The maximum atomic E-state index is 6.09. The molecule has 1 heterocycles. The molecule has 0 amide bonds. The number of methoxy groups -OCH3 is 1. The fourth-order valence-corrected chi connectivity index (χ4v) is 2.68. The standard InChI is InChI=1S/C17H19N3O/c1-12-4-3-5-13(10-12)16-11-19-17(18)20(16)14-6-8-15(21-2)9-7-14/h3-10,16H,11H2,1-2H3,(H2,18,19). The maximum Gasteiger partial charge on any atom is 0.196 e. The second kappa shape index (κ2) is 5.48. The van der Waals surface area contributed by atoms with E-state index in [9.17, 15) is 0 Å². The molecular weight excluding hydrogens is 262 g/mol. The monoisotopic (exact) mass is 281 g/mol. The molecule has 1 aliphatic heterocycles. The third-order valence-electron chi connectivity index (χ3n) is 3.76. The van der Waals surface area contributed by atoms with Crippen LogP contribution in [0.3, 0.4) is 0 Å². The summed E-state index contributed by atoms with van der Waals surface area (Å²) in [6.45, 7) is 2.78. The Morgan fingerprint density at radius 1 is 1.19 bits per heavy atom. The molecule has 0 radical (unpaired) electrons. The predicted molar refractivity (Wildman–Crippen MR) is 85.9 cm³/mol. The minimum Gasteiger partial charge on any atom is -0.497 e. The van der Waals surface area contributed by atoms with Gasteiger partial charge in [-0.2, -0.15) is 0 Å². The van der Waals surface area contributed by atoms with Crippen LogP contribution in [0.2, 0.25) is 0 Å². The summed E-state index contributed by atoms with van der Waals surface area (Å²) in [5.41, 5.74) is 9.60. The summed E-state index contributed by atoms with van der Waals surface area (Å²) in [5, 5.41) is 0. The van der Waals surface area contributed by atoms with Gasteiger partial charge in [-0.05, 0) is 36.8 Å². The van der Waals surface area contributed by atoms with Crippen LogP contribution in [0.5, 0.6) is 5.75 Å². The number of aryl methyl sites for hydroxylation is 1. The van der Waals surface area contributed by atoms with Gasteiger partial charge >= 0.3 is 0 Å². The predicted octanol–water partition coefficient (Wildman–Crippen LogP) is 2.88. The van der Waals surface area contributed by atoms with Crippen LogP contribution < -0.4 is 15.4 Å². The lowest BCUT2D eigenvalue weighted by Crippen LogP contribution is -2.36. The molecule has 2 aromatic rings. The smallest absolute Gasteiger partial charge is 0.196 e. The molecule has 2 N–H and O–H groups in total. The molecule has 0 aliphatic carbocycles. The minimum atomic E-state index is 0.151. The van der Waals surface area contributed by atoms with Gasteiger partial charge in [0, 0.05) is 5.69 Å². The van der Waals surface area contributed by atoms with Gasteiger partial charge in [-0.25, -0.2) is 0 Å². The molecule has 1 atom stereocenters. The highest BCUT2D eigenvalue weighted by molar-refractivity contribution is 5.97. The zero-order valence-electron chi connectivity index (χ0n) is 12.3. The van der Waals surface area contributed by atoms with Crippen molar-refractivity contribution in [1.82, 2.24) is 0 Å². The van der Waals surface area contributed by atoms with Crippen LogP contribution in [-0.4, -0.2) is 19.6 Å². The van der Waals surface area contributed by atoms with Gasteiger partial charge in [-0.1, -0.05) is 29.8 Å². The summed E-state index contributed by atoms with van der Waals surface area (Å²) in [6.07, 6.45) is 0. The first-order valence-electron chi connectivity index (χ1n) is 6.99. The van der Waals surface area contributed by atoms with Crippen molar-refractivity contribution in [3.05, 3.63) is 59.7 Å². The number of anilines is 1. The second-order valence-electron chi connectivity index (χ2n) is 5.20. The Balaban J connectivity index is 1.95. The number of hydrogen-bond acceptors (Lipinski definition) is 4. The molecule has 0 bridgehead atoms. The van der Waals surface area contributed by atoms with Crippen LogP contribution in [0, 0.1) is 6.92 Å². The number of nitrogens with zero attached hydrogens (tertiary/aromatic N) is 2. The Hall–Kier alpha value is -2.49. The van der Waals surface area contributed by atoms with E-state index in [1.807, 2.05) is 24.3 Å². The molecule has 0 spiro atoms. The lowest BCUT2D eigenvalue weighted by atomic mass is 10.0. The number of guanidine groups is 1. The zero-order chi connectivity index (χ0) is 14.8. The number of rotatable bonds is 3. The van der Waals surface area contributed by atoms with Crippen molar-refractivity contribution >= 4 is 11.6 Å². The van der Waals surface area contributed by atoms with Gasteiger partial charge < -0.3 is 15.4 Å². The first-order chi connectivity index (χ1) is 10.2. The largest absolute Gasteiger partial charge is 0.497 e. The lowest BCUT2D eigenvalue weighted by molar-refractivity contribution is 0.415. The summed E-state index contributed by atoms with van der Waals surface area (Å²) in [4.78, 5) is 6.49. The zero-order valence-corrected chi connectivity index (χ0v) is 12.3. The Kier molecular flexibility index (Phi) is 3.52. The van der Waals surface area contributed by atoms with Crippen molar-refractivity contribution in [2.24, 2.45) is 10.7 Å². The summed E-state index contributed by atoms with van der Waals surface area (Å²) < 4.78 is 5.21. The highest BCUT2D eigenvalue weighted by Crippen LogP contribution is 2.32. The Labute approximate surface area is 124 Å². The maximum absolute atomic E-state index is 6.09. The molecular formula is C17H19N3O. The second-order valence-corrected chi connectivity index (χ2v) is 5.20. The highest BCUT2D eigenvalue weighted by atomic mass is 16.5. The first kappa shape index (κ1) is 13.5. The van der Waals surface area contributed by atoms with Crippen molar-refractivity contribution in [2.45, 2.75) is 13.0 Å². The van der Waals surface area contributed by atoms with Gasteiger partial charge in [-0.3, -0.25) is 4.99 Å². The third kappa shape index (κ3) is 2.57. The van der Waals surface area contributed by atoms with Crippen LogP contribution in [0.15, 0.2) is 53.5 Å². The molecule has 0 fully saturated rings. The van der Waals surface area contributed by atoms with E-state index in [0.717, 1.165) is 11.4 Å². The van der Waals surface area contributed by atoms with Gasteiger partial charge in [0.1, 0.15) is 5.75 Å². The van der Waals surface area contributed by atoms with Gasteiger partial charge in [0.2, 0.25) is 0 Å². The number of aliphatic imine (C=N–C) groups is 1. The van der Waals surface area contributed by atoms with E-state index in [-0.39, 0.29) is 6.04 Å². The normalized spacial score (nSPS) is 17.7. The van der Waals surface area contributed by atoms with Gasteiger partial charge in [0.05, 0.1) is 19.7 Å². The average molecular weight is 281 g/mol. The average Bonchev–Trinajstić information content (AvgIpc) is 2.89. The molecule has 1 unspecified atom stereocenters. The van der Waals surface area contributed by atoms with E-state index in [1.54, 1.807) is 7.11 Å². The number of ether oxygens (including phenoxy) is 1.